The van der Waals surface area contributed by atoms with Gasteiger partial charge in [0.25, 0.3) is 0 Å². The van der Waals surface area contributed by atoms with E-state index in [2.05, 4.69) is 0 Å². The molecule has 0 aromatic rings. The minimum absolute atomic E-state index is 0.441. The third-order valence-corrected chi connectivity index (χ3v) is 5.04. The van der Waals surface area contributed by atoms with Gasteiger partial charge in [-0.1, -0.05) is 0 Å². The van der Waals surface area contributed by atoms with Gasteiger partial charge in [-0.25, -0.2) is 0 Å². The summed E-state index contributed by atoms with van der Waals surface area (Å²) >= 11 is 0. The Kier molecular flexibility index (Phi) is 3.05. The molecule has 2 heterocycles. The summed E-state index contributed by atoms with van der Waals surface area (Å²) in [5.74, 6) is 0. The summed E-state index contributed by atoms with van der Waals surface area (Å²) in [7, 11) is 0. The molecule has 2 saturated heterocycles. The van der Waals surface area contributed by atoms with Crippen molar-refractivity contribution in [3.8, 4) is 0 Å². The molecule has 2 radical (unpaired) electrons. The summed E-state index contributed by atoms with van der Waals surface area (Å²) in [6.45, 7) is 8.47. The Morgan fingerprint density at radius 2 is 1.00 bits per heavy atom. The molecule has 0 unspecified atom stereocenters. The maximum absolute atomic E-state index is 12.5. The SMILES string of the molecule is CC1(C)COC2(CCC3(CC2)OCC(C)(C)N3[O])N1[O]. The molecule has 3 aliphatic rings. The molecule has 114 valence electrons. The van der Waals surface area contributed by atoms with E-state index in [1.807, 2.05) is 27.7 Å². The first-order chi connectivity index (χ1) is 9.14. The zero-order valence-corrected chi connectivity index (χ0v) is 12.8. The Balaban J connectivity index is 1.75. The van der Waals surface area contributed by atoms with Crippen LogP contribution in [0.15, 0.2) is 0 Å². The summed E-state index contributed by atoms with van der Waals surface area (Å²) in [6.07, 6.45) is 2.20. The lowest BCUT2D eigenvalue weighted by molar-refractivity contribution is -0.341. The van der Waals surface area contributed by atoms with Crippen molar-refractivity contribution < 1.29 is 19.9 Å². The maximum atomic E-state index is 12.5. The first-order valence-corrected chi connectivity index (χ1v) is 7.37. The van der Waals surface area contributed by atoms with Crippen LogP contribution in [0, 0.1) is 0 Å². The Morgan fingerprint density at radius 1 is 0.700 bits per heavy atom. The molecule has 3 rings (SSSR count). The van der Waals surface area contributed by atoms with E-state index >= 15 is 0 Å². The van der Waals surface area contributed by atoms with Crippen molar-refractivity contribution in [1.29, 1.82) is 0 Å². The van der Waals surface area contributed by atoms with E-state index in [0.717, 1.165) is 10.1 Å². The van der Waals surface area contributed by atoms with Gasteiger partial charge in [0.05, 0.1) is 24.3 Å². The van der Waals surface area contributed by atoms with Crippen LogP contribution in [0.4, 0.5) is 0 Å². The molecule has 2 aliphatic heterocycles. The fourth-order valence-corrected chi connectivity index (χ4v) is 3.69. The number of hydrogen-bond acceptors (Lipinski definition) is 4. The Bertz CT molecular complexity index is 364. The molecule has 1 saturated carbocycles. The van der Waals surface area contributed by atoms with E-state index in [1.54, 1.807) is 0 Å². The maximum Gasteiger partial charge on any atom is 0.148 e. The number of rotatable bonds is 0. The molecule has 0 atom stereocenters. The number of hydroxylamine groups is 4. The van der Waals surface area contributed by atoms with Crippen LogP contribution in [0.1, 0.15) is 53.4 Å². The average molecular weight is 284 g/mol. The van der Waals surface area contributed by atoms with Gasteiger partial charge >= 0.3 is 0 Å². The highest BCUT2D eigenvalue weighted by Gasteiger charge is 2.61. The summed E-state index contributed by atoms with van der Waals surface area (Å²) < 4.78 is 11.7. The lowest BCUT2D eigenvalue weighted by Gasteiger charge is -2.46. The van der Waals surface area contributed by atoms with Crippen LogP contribution in [0.5, 0.6) is 0 Å². The standard InChI is InChI=1S/C14H24N2O4/c1-11(2)9-19-13(15(11)17)5-7-14(8-6-13)16(18)12(3,4)10-20-14/h5-10H2,1-4H3. The van der Waals surface area contributed by atoms with Crippen molar-refractivity contribution in [2.45, 2.75) is 75.9 Å². The molecular formula is C14H24N2O4. The average Bonchev–Trinajstić information content (AvgIpc) is 2.75. The minimum atomic E-state index is -0.758. The Hall–Kier alpha value is -0.240. The second kappa shape index (κ2) is 4.15. The highest BCUT2D eigenvalue weighted by Crippen LogP contribution is 2.50. The monoisotopic (exact) mass is 284 g/mol. The predicted octanol–water partition coefficient (Wildman–Crippen LogP) is 1.87. The van der Waals surface area contributed by atoms with Crippen LogP contribution in [0.3, 0.4) is 0 Å². The van der Waals surface area contributed by atoms with Gasteiger partial charge in [0.2, 0.25) is 0 Å². The summed E-state index contributed by atoms with van der Waals surface area (Å²) in [6, 6.07) is 0. The van der Waals surface area contributed by atoms with Crippen molar-refractivity contribution >= 4 is 0 Å². The summed E-state index contributed by atoms with van der Waals surface area (Å²) in [4.78, 5) is 0. The lowest BCUT2D eigenvalue weighted by atomic mass is 9.83. The van der Waals surface area contributed by atoms with E-state index < -0.39 is 22.5 Å². The van der Waals surface area contributed by atoms with Crippen LogP contribution in [0.25, 0.3) is 0 Å². The van der Waals surface area contributed by atoms with Crippen molar-refractivity contribution in [2.75, 3.05) is 13.2 Å². The smallest absolute Gasteiger partial charge is 0.148 e. The molecule has 0 aromatic heterocycles. The molecular weight excluding hydrogens is 260 g/mol. The molecule has 0 bridgehead atoms. The van der Waals surface area contributed by atoms with Crippen molar-refractivity contribution in [3.05, 3.63) is 0 Å². The highest BCUT2D eigenvalue weighted by molar-refractivity contribution is 5.03. The van der Waals surface area contributed by atoms with Gasteiger partial charge in [-0.2, -0.15) is 0 Å². The molecule has 2 spiro atoms. The largest absolute Gasteiger partial charge is 0.356 e. The normalized spacial score (nSPS) is 44.7. The second-order valence-corrected chi connectivity index (χ2v) is 7.68. The van der Waals surface area contributed by atoms with Crippen LogP contribution in [-0.2, 0) is 19.9 Å². The third-order valence-electron chi connectivity index (χ3n) is 5.04. The number of nitrogens with zero attached hydrogens (tertiary/aromatic N) is 2. The quantitative estimate of drug-likeness (QED) is 0.681. The fourth-order valence-electron chi connectivity index (χ4n) is 3.69. The van der Waals surface area contributed by atoms with Crippen LogP contribution in [0.2, 0.25) is 0 Å². The predicted molar refractivity (Wildman–Crippen MR) is 69.0 cm³/mol. The first kappa shape index (κ1) is 14.7. The van der Waals surface area contributed by atoms with Crippen LogP contribution < -0.4 is 0 Å². The van der Waals surface area contributed by atoms with Crippen LogP contribution >= 0.6 is 0 Å². The van der Waals surface area contributed by atoms with E-state index in [1.165, 1.54) is 0 Å². The van der Waals surface area contributed by atoms with E-state index in [4.69, 9.17) is 9.47 Å². The molecule has 0 amide bonds. The van der Waals surface area contributed by atoms with Gasteiger partial charge in [-0.3, -0.25) is 0 Å². The van der Waals surface area contributed by atoms with Gasteiger partial charge in [0, 0.05) is 0 Å². The van der Waals surface area contributed by atoms with Crippen molar-refractivity contribution in [1.82, 2.24) is 10.1 Å². The fraction of sp³-hybridized carbons (Fsp3) is 1.00. The minimum Gasteiger partial charge on any atom is -0.356 e. The van der Waals surface area contributed by atoms with E-state index in [0.29, 0.717) is 38.9 Å². The molecule has 0 aromatic carbocycles. The molecule has 20 heavy (non-hydrogen) atoms. The molecule has 1 aliphatic carbocycles. The second-order valence-electron chi connectivity index (χ2n) is 7.68. The first-order valence-electron chi connectivity index (χ1n) is 7.37. The Labute approximate surface area is 120 Å². The Morgan fingerprint density at radius 3 is 1.20 bits per heavy atom. The highest BCUT2D eigenvalue weighted by atomic mass is 16.6. The molecule has 3 fully saturated rings. The zero-order valence-electron chi connectivity index (χ0n) is 12.8. The third kappa shape index (κ3) is 1.86. The number of hydrogen-bond donors (Lipinski definition) is 0. The van der Waals surface area contributed by atoms with Gasteiger partial charge < -0.3 is 9.47 Å². The summed E-state index contributed by atoms with van der Waals surface area (Å²) in [5.41, 5.74) is -2.49. The van der Waals surface area contributed by atoms with Gasteiger partial charge in [-0.15, -0.1) is 20.5 Å². The number of ether oxygens (including phenoxy) is 2. The lowest BCUT2D eigenvalue weighted by Crippen LogP contribution is -2.58. The van der Waals surface area contributed by atoms with Gasteiger partial charge in [0.1, 0.15) is 11.4 Å². The molecule has 0 N–H and O–H groups in total. The van der Waals surface area contributed by atoms with E-state index in [-0.39, 0.29) is 0 Å². The van der Waals surface area contributed by atoms with Gasteiger partial charge in [0.15, 0.2) is 0 Å². The molecule has 6 nitrogen and oxygen atoms in total. The van der Waals surface area contributed by atoms with Crippen LogP contribution in [-0.4, -0.2) is 45.9 Å². The van der Waals surface area contributed by atoms with Crippen molar-refractivity contribution in [3.63, 3.8) is 0 Å². The van der Waals surface area contributed by atoms with Crippen molar-refractivity contribution in [2.24, 2.45) is 0 Å². The van der Waals surface area contributed by atoms with E-state index in [9.17, 15) is 10.4 Å². The van der Waals surface area contributed by atoms with Gasteiger partial charge in [-0.05, 0) is 53.4 Å². The molecule has 6 heteroatoms. The zero-order chi connectivity index (χ0) is 14.8. The summed E-state index contributed by atoms with van der Waals surface area (Å²) in [5, 5.41) is 27.1. The topological polar surface area (TPSA) is 64.7 Å².